The smallest absolute Gasteiger partial charge is 0.143 e. The third-order valence-electron chi connectivity index (χ3n) is 24.8. The third kappa shape index (κ3) is 10.9. The van der Waals surface area contributed by atoms with Crippen LogP contribution in [0.2, 0.25) is 0 Å². The minimum Gasteiger partial charge on any atom is -0.455 e. The van der Waals surface area contributed by atoms with Crippen molar-refractivity contribution in [2.45, 2.75) is 5.41 Å². The van der Waals surface area contributed by atoms with Gasteiger partial charge in [-0.15, -0.1) is 0 Å². The summed E-state index contributed by atoms with van der Waals surface area (Å²) < 4.78 is 14.0. The van der Waals surface area contributed by atoms with Crippen molar-refractivity contribution < 1.29 is 8.83 Å². The zero-order chi connectivity index (χ0) is 77.1. The SMILES string of the molecule is c1ccc(-c2cc(-c3ccccc3)cc(-c3ccc(-c4c5ccccc5c(-c5ccc6ccccc6c5)c5ccccc45)c4c3oc3ccccc34)c2)cc1.c1ccc(C2(c3ccccc3)c3ccccc3-c3ccc(-c4ccc(-c5c6ccccc6c(-c6ccc7ccccc7c6)c6ccccc56)c5c4oc4ccccc45)cc32)cc1. The van der Waals surface area contributed by atoms with Crippen LogP contribution in [-0.4, -0.2) is 0 Å². The van der Waals surface area contributed by atoms with E-state index in [-0.39, 0.29) is 0 Å². The van der Waals surface area contributed by atoms with E-state index in [4.69, 9.17) is 8.83 Å². The number of para-hydroxylation sites is 2. The van der Waals surface area contributed by atoms with Gasteiger partial charge >= 0.3 is 0 Å². The Morgan fingerprint density at radius 3 is 0.923 bits per heavy atom. The maximum absolute atomic E-state index is 7.06. The predicted molar refractivity (Wildman–Crippen MR) is 493 cm³/mol. The van der Waals surface area contributed by atoms with Gasteiger partial charge in [0.15, 0.2) is 0 Å². The number of hydrogen-bond acceptors (Lipinski definition) is 2. The zero-order valence-corrected chi connectivity index (χ0v) is 63.9. The Morgan fingerprint density at radius 1 is 0.162 bits per heavy atom. The van der Waals surface area contributed by atoms with Crippen LogP contribution in [0.15, 0.2) is 446 Å². The van der Waals surface area contributed by atoms with Crippen molar-refractivity contribution in [1.82, 2.24) is 0 Å². The molecule has 2 heterocycles. The van der Waals surface area contributed by atoms with Crippen molar-refractivity contribution >= 4 is 109 Å². The summed E-state index contributed by atoms with van der Waals surface area (Å²) in [5, 5.41) is 19.3. The van der Waals surface area contributed by atoms with Crippen molar-refractivity contribution in [3.05, 3.63) is 459 Å². The van der Waals surface area contributed by atoms with Crippen LogP contribution < -0.4 is 0 Å². The quantitative estimate of drug-likeness (QED) is 0.128. The molecule has 0 N–H and O–H groups in total. The molecule has 23 aromatic rings. The maximum atomic E-state index is 7.06. The molecule has 0 amide bonds. The molecule has 0 fully saturated rings. The lowest BCUT2D eigenvalue weighted by molar-refractivity contribution is 0.669. The van der Waals surface area contributed by atoms with Gasteiger partial charge < -0.3 is 8.83 Å². The van der Waals surface area contributed by atoms with E-state index in [9.17, 15) is 0 Å². The molecule has 0 atom stereocenters. The van der Waals surface area contributed by atoms with Gasteiger partial charge in [0.25, 0.3) is 0 Å². The lowest BCUT2D eigenvalue weighted by atomic mass is 9.67. The highest BCUT2D eigenvalue weighted by molar-refractivity contribution is 6.29. The molecular formula is C115H72O2. The number of furan rings is 2. The first-order valence-corrected chi connectivity index (χ1v) is 40.4. The van der Waals surface area contributed by atoms with E-state index < -0.39 is 5.41 Å². The van der Waals surface area contributed by atoms with E-state index in [1.807, 2.05) is 0 Å². The molecule has 2 aromatic heterocycles. The normalized spacial score (nSPS) is 12.3. The van der Waals surface area contributed by atoms with Gasteiger partial charge in [-0.3, -0.25) is 0 Å². The van der Waals surface area contributed by atoms with E-state index >= 15 is 0 Å². The molecule has 0 spiro atoms. The van der Waals surface area contributed by atoms with E-state index in [0.29, 0.717) is 0 Å². The fraction of sp³-hybridized carbons (Fsp3) is 0.00870. The van der Waals surface area contributed by atoms with Crippen molar-refractivity contribution in [3.8, 4) is 100 Å². The minimum absolute atomic E-state index is 0.498. The molecule has 0 aliphatic heterocycles. The van der Waals surface area contributed by atoms with Crippen molar-refractivity contribution in [2.24, 2.45) is 0 Å². The first-order chi connectivity index (χ1) is 58.1. The second kappa shape index (κ2) is 27.6. The Labute approximate surface area is 677 Å². The molecule has 0 unspecified atom stereocenters. The van der Waals surface area contributed by atoms with Gasteiger partial charge in [-0.05, 0) is 237 Å². The largest absolute Gasteiger partial charge is 0.455 e. The lowest BCUT2D eigenvalue weighted by Crippen LogP contribution is -2.28. The average molecular weight is 1490 g/mol. The van der Waals surface area contributed by atoms with Crippen LogP contribution in [0.1, 0.15) is 22.3 Å². The highest BCUT2D eigenvalue weighted by Crippen LogP contribution is 2.58. The van der Waals surface area contributed by atoms with E-state index in [2.05, 4.69) is 437 Å². The third-order valence-corrected chi connectivity index (χ3v) is 24.8. The number of hydrogen-bond donors (Lipinski definition) is 0. The van der Waals surface area contributed by atoms with Crippen LogP contribution >= 0.6 is 0 Å². The van der Waals surface area contributed by atoms with Crippen LogP contribution in [0, 0.1) is 0 Å². The molecular weight excluding hydrogens is 1410 g/mol. The molecule has 21 aromatic carbocycles. The molecule has 0 radical (unpaired) electrons. The van der Waals surface area contributed by atoms with Gasteiger partial charge in [-0.2, -0.15) is 0 Å². The Hall–Kier alpha value is -15.2. The summed E-state index contributed by atoms with van der Waals surface area (Å²) in [5.41, 5.74) is 29.6. The molecule has 544 valence electrons. The Kier molecular flexibility index (Phi) is 15.9. The summed E-state index contributed by atoms with van der Waals surface area (Å²) in [6.45, 7) is 0. The van der Waals surface area contributed by atoms with Crippen molar-refractivity contribution in [1.29, 1.82) is 0 Å². The average Bonchev–Trinajstić information content (AvgIpc) is 1.43. The van der Waals surface area contributed by atoms with Gasteiger partial charge in [0.05, 0.1) is 5.41 Å². The van der Waals surface area contributed by atoms with Gasteiger partial charge in [0.2, 0.25) is 0 Å². The minimum atomic E-state index is -0.498. The Bertz CT molecular complexity index is 7710. The zero-order valence-electron chi connectivity index (χ0n) is 63.9. The molecule has 24 rings (SSSR count). The highest BCUT2D eigenvalue weighted by Gasteiger charge is 2.46. The molecule has 1 aliphatic carbocycles. The van der Waals surface area contributed by atoms with Gasteiger partial charge in [-0.25, -0.2) is 0 Å². The lowest BCUT2D eigenvalue weighted by Gasteiger charge is -2.34. The summed E-state index contributed by atoms with van der Waals surface area (Å²) in [6, 6.07) is 159. The monoisotopic (exact) mass is 1480 g/mol. The molecule has 0 saturated carbocycles. The second-order valence-electron chi connectivity index (χ2n) is 31.1. The van der Waals surface area contributed by atoms with E-state index in [1.165, 1.54) is 165 Å². The number of rotatable bonds is 10. The van der Waals surface area contributed by atoms with Crippen molar-refractivity contribution in [2.75, 3.05) is 0 Å². The first-order valence-electron chi connectivity index (χ1n) is 40.4. The number of fused-ring (bicyclic) bond motifs is 15. The summed E-state index contributed by atoms with van der Waals surface area (Å²) in [5.74, 6) is 0. The van der Waals surface area contributed by atoms with Crippen LogP contribution in [-0.2, 0) is 5.41 Å². The van der Waals surface area contributed by atoms with Gasteiger partial charge in [0.1, 0.15) is 22.3 Å². The van der Waals surface area contributed by atoms with Crippen LogP contribution in [0.25, 0.3) is 209 Å². The molecule has 117 heavy (non-hydrogen) atoms. The standard InChI is InChI=1S/C61H38O.C54H34O/c1-3-19-43(20-4-1)61(44-21-5-2-6-22-44)54-29-15-13-23-46(54)47-34-33-41(38-55(47)61)45-35-36-53(59-52-28-14-16-30-56(52)62-60(45)59)58-50-26-11-9-24-48(50)57(49-25-10-12-27-51(49)58)42-32-31-39-17-7-8-18-40(39)37-42;1-3-15-35(16-4-1)40-32-41(36-17-5-2-6-18-36)34-42(33-40)43-29-30-49(53-48-25-13-14-26-50(48)55-54(43)53)52-46-23-11-9-21-44(46)51(45-22-10-12-24-47(45)52)39-28-27-37-19-7-8-20-38(37)31-39/h1-38H;1-34H. The summed E-state index contributed by atoms with van der Waals surface area (Å²) in [7, 11) is 0. The molecule has 0 bridgehead atoms. The second-order valence-corrected chi connectivity index (χ2v) is 31.1. The van der Waals surface area contributed by atoms with E-state index in [0.717, 1.165) is 66.1 Å². The molecule has 0 saturated heterocycles. The Balaban J connectivity index is 0.000000139. The fourth-order valence-electron chi connectivity index (χ4n) is 19.7. The summed E-state index contributed by atoms with van der Waals surface area (Å²) >= 11 is 0. The fourth-order valence-corrected chi connectivity index (χ4v) is 19.7. The predicted octanol–water partition coefficient (Wildman–Crippen LogP) is 31.8. The summed E-state index contributed by atoms with van der Waals surface area (Å²) in [4.78, 5) is 0. The molecule has 1 aliphatic rings. The van der Waals surface area contributed by atoms with Gasteiger partial charge in [-0.1, -0.05) is 376 Å². The highest BCUT2D eigenvalue weighted by atomic mass is 16.3. The maximum Gasteiger partial charge on any atom is 0.143 e. The van der Waals surface area contributed by atoms with Crippen LogP contribution in [0.3, 0.4) is 0 Å². The van der Waals surface area contributed by atoms with Gasteiger partial charge in [0, 0.05) is 32.7 Å². The molecule has 2 heteroatoms. The molecule has 2 nitrogen and oxygen atoms in total. The number of benzene rings is 21. The van der Waals surface area contributed by atoms with Crippen LogP contribution in [0.4, 0.5) is 0 Å². The first kappa shape index (κ1) is 67.5. The summed E-state index contributed by atoms with van der Waals surface area (Å²) in [6.07, 6.45) is 0. The van der Waals surface area contributed by atoms with Crippen molar-refractivity contribution in [3.63, 3.8) is 0 Å². The topological polar surface area (TPSA) is 26.3 Å². The van der Waals surface area contributed by atoms with E-state index in [1.54, 1.807) is 0 Å². The Morgan fingerprint density at radius 2 is 0.479 bits per heavy atom. The van der Waals surface area contributed by atoms with Crippen LogP contribution in [0.5, 0.6) is 0 Å².